The van der Waals surface area contributed by atoms with E-state index in [0.29, 0.717) is 0 Å². The molecule has 5 nitrogen and oxygen atoms in total. The number of fused-ring (bicyclic) bond motifs is 2. The highest BCUT2D eigenvalue weighted by Crippen LogP contribution is 2.29. The maximum Gasteiger partial charge on any atom is 0.140 e. The van der Waals surface area contributed by atoms with Gasteiger partial charge in [0.15, 0.2) is 0 Å². The summed E-state index contributed by atoms with van der Waals surface area (Å²) in [6, 6.07) is 14.6. The van der Waals surface area contributed by atoms with Crippen molar-refractivity contribution in [1.29, 1.82) is 0 Å². The van der Waals surface area contributed by atoms with Gasteiger partial charge in [0, 0.05) is 35.9 Å². The van der Waals surface area contributed by atoms with Crippen molar-refractivity contribution in [2.45, 2.75) is 6.92 Å². The van der Waals surface area contributed by atoms with E-state index in [4.69, 9.17) is 9.72 Å². The molecule has 0 amide bonds. The normalized spacial score (nSPS) is 15.0. The van der Waals surface area contributed by atoms with Crippen LogP contribution in [0.2, 0.25) is 0 Å². The number of benzene rings is 2. The first-order chi connectivity index (χ1) is 12.8. The van der Waals surface area contributed by atoms with Crippen LogP contribution in [0, 0.1) is 6.92 Å². The summed E-state index contributed by atoms with van der Waals surface area (Å²) < 4.78 is 5.48. The van der Waals surface area contributed by atoms with Crippen LogP contribution >= 0.6 is 0 Å². The maximum atomic E-state index is 5.48. The van der Waals surface area contributed by atoms with Gasteiger partial charge >= 0.3 is 0 Å². The number of aryl methyl sites for hydroxylation is 1. The Morgan fingerprint density at radius 3 is 2.77 bits per heavy atom. The van der Waals surface area contributed by atoms with Crippen LogP contribution in [-0.2, 0) is 4.74 Å². The fraction of sp³-hybridized carbons (Fsp3) is 0.238. The number of hydrogen-bond acceptors (Lipinski definition) is 4. The topological polar surface area (TPSA) is 54.0 Å². The Balaban J connectivity index is 1.58. The number of para-hydroxylation sites is 1. The van der Waals surface area contributed by atoms with Crippen LogP contribution in [0.5, 0.6) is 0 Å². The van der Waals surface area contributed by atoms with Crippen molar-refractivity contribution in [3.05, 3.63) is 54.2 Å². The first-order valence-corrected chi connectivity index (χ1v) is 8.96. The highest BCUT2D eigenvalue weighted by molar-refractivity contribution is 5.87. The minimum atomic E-state index is 0.784. The van der Waals surface area contributed by atoms with Gasteiger partial charge in [-0.1, -0.05) is 18.2 Å². The Kier molecular flexibility index (Phi) is 3.60. The Morgan fingerprint density at radius 1 is 1.04 bits per heavy atom. The van der Waals surface area contributed by atoms with Gasteiger partial charge in [-0.15, -0.1) is 0 Å². The summed E-state index contributed by atoms with van der Waals surface area (Å²) in [5.74, 6) is 0.858. The molecule has 1 aliphatic rings. The molecule has 0 bridgehead atoms. The van der Waals surface area contributed by atoms with Crippen molar-refractivity contribution in [2.24, 2.45) is 0 Å². The van der Waals surface area contributed by atoms with Crippen molar-refractivity contribution in [3.63, 3.8) is 0 Å². The molecule has 1 N–H and O–H groups in total. The molecular weight excluding hydrogens is 324 g/mol. The molecule has 0 spiro atoms. The largest absolute Gasteiger partial charge is 0.378 e. The van der Waals surface area contributed by atoms with E-state index < -0.39 is 0 Å². The number of H-pyrrole nitrogens is 1. The summed E-state index contributed by atoms with van der Waals surface area (Å²) in [5.41, 5.74) is 6.55. The Labute approximate surface area is 151 Å². The molecule has 1 saturated heterocycles. The Hall–Kier alpha value is -2.92. The number of morpholine rings is 1. The molecule has 4 aromatic rings. The summed E-state index contributed by atoms with van der Waals surface area (Å²) in [5, 5.41) is 1.12. The minimum absolute atomic E-state index is 0.784. The molecule has 0 saturated carbocycles. The van der Waals surface area contributed by atoms with Gasteiger partial charge in [-0.2, -0.15) is 0 Å². The van der Waals surface area contributed by atoms with Crippen molar-refractivity contribution in [2.75, 3.05) is 31.2 Å². The molecule has 130 valence electrons. The molecule has 0 atom stereocenters. The second-order valence-electron chi connectivity index (χ2n) is 6.76. The van der Waals surface area contributed by atoms with Gasteiger partial charge in [-0.3, -0.25) is 4.98 Å². The van der Waals surface area contributed by atoms with Crippen LogP contribution in [0.15, 0.2) is 48.7 Å². The van der Waals surface area contributed by atoms with Crippen LogP contribution < -0.4 is 4.90 Å². The number of anilines is 1. The first kappa shape index (κ1) is 15.3. The lowest BCUT2D eigenvalue weighted by Gasteiger charge is -2.30. The molecule has 26 heavy (non-hydrogen) atoms. The molecule has 2 aromatic heterocycles. The SMILES string of the molecule is Cc1cc2[nH]c(-c3cnc4ccccc4c3)nc2cc1N1CCOCC1. The fourth-order valence-electron chi connectivity index (χ4n) is 3.64. The number of rotatable bonds is 2. The lowest BCUT2D eigenvalue weighted by atomic mass is 10.1. The van der Waals surface area contributed by atoms with Crippen LogP contribution in [0.25, 0.3) is 33.3 Å². The summed E-state index contributed by atoms with van der Waals surface area (Å²) in [7, 11) is 0. The predicted molar refractivity (Wildman–Crippen MR) is 105 cm³/mol. The van der Waals surface area contributed by atoms with E-state index in [1.54, 1.807) is 0 Å². The lowest BCUT2D eigenvalue weighted by Crippen LogP contribution is -2.36. The zero-order valence-electron chi connectivity index (χ0n) is 14.7. The molecular formula is C21H20N4O. The van der Waals surface area contributed by atoms with Crippen LogP contribution in [0.4, 0.5) is 5.69 Å². The third-order valence-electron chi connectivity index (χ3n) is 5.02. The fourth-order valence-corrected chi connectivity index (χ4v) is 3.64. The first-order valence-electron chi connectivity index (χ1n) is 8.96. The second kappa shape index (κ2) is 6.11. The van der Waals surface area contributed by atoms with Crippen molar-refractivity contribution in [3.8, 4) is 11.4 Å². The van der Waals surface area contributed by atoms with E-state index in [9.17, 15) is 0 Å². The summed E-state index contributed by atoms with van der Waals surface area (Å²) >= 11 is 0. The van der Waals surface area contributed by atoms with Gasteiger partial charge in [-0.05, 0) is 36.8 Å². The number of imidazole rings is 1. The van der Waals surface area contributed by atoms with E-state index in [2.05, 4.69) is 46.1 Å². The Morgan fingerprint density at radius 2 is 1.88 bits per heavy atom. The lowest BCUT2D eigenvalue weighted by molar-refractivity contribution is 0.122. The Bertz CT molecular complexity index is 1100. The molecule has 0 unspecified atom stereocenters. The zero-order valence-corrected chi connectivity index (χ0v) is 14.7. The number of nitrogens with one attached hydrogen (secondary N) is 1. The number of pyridine rings is 1. The van der Waals surface area contributed by atoms with Crippen molar-refractivity contribution < 1.29 is 4.74 Å². The van der Waals surface area contributed by atoms with Gasteiger partial charge in [0.2, 0.25) is 0 Å². The van der Waals surface area contributed by atoms with E-state index >= 15 is 0 Å². The second-order valence-corrected chi connectivity index (χ2v) is 6.76. The maximum absolute atomic E-state index is 5.48. The minimum Gasteiger partial charge on any atom is -0.378 e. The molecule has 3 heterocycles. The van der Waals surface area contributed by atoms with Crippen LogP contribution in [0.1, 0.15) is 5.56 Å². The van der Waals surface area contributed by atoms with E-state index in [0.717, 1.165) is 59.6 Å². The zero-order chi connectivity index (χ0) is 17.5. The third kappa shape index (κ3) is 2.61. The van der Waals surface area contributed by atoms with Gasteiger partial charge in [0.1, 0.15) is 5.82 Å². The molecule has 0 radical (unpaired) electrons. The molecule has 5 heteroatoms. The van der Waals surface area contributed by atoms with E-state index in [1.165, 1.54) is 11.3 Å². The quantitative estimate of drug-likeness (QED) is 0.599. The number of nitrogens with zero attached hydrogens (tertiary/aromatic N) is 3. The third-order valence-corrected chi connectivity index (χ3v) is 5.02. The van der Waals surface area contributed by atoms with Crippen molar-refractivity contribution >= 4 is 27.6 Å². The van der Waals surface area contributed by atoms with Crippen LogP contribution in [0.3, 0.4) is 0 Å². The smallest absolute Gasteiger partial charge is 0.140 e. The molecule has 0 aliphatic carbocycles. The predicted octanol–water partition coefficient (Wildman–Crippen LogP) is 3.92. The average molecular weight is 344 g/mol. The summed E-state index contributed by atoms with van der Waals surface area (Å²) in [6.07, 6.45) is 1.88. The van der Waals surface area contributed by atoms with Crippen LogP contribution in [-0.4, -0.2) is 41.3 Å². The number of hydrogen-bond donors (Lipinski definition) is 1. The summed E-state index contributed by atoms with van der Waals surface area (Å²) in [6.45, 7) is 5.58. The van der Waals surface area contributed by atoms with E-state index in [-0.39, 0.29) is 0 Å². The van der Waals surface area contributed by atoms with E-state index in [1.807, 2.05) is 24.4 Å². The number of ether oxygens (including phenoxy) is 1. The van der Waals surface area contributed by atoms with Gasteiger partial charge < -0.3 is 14.6 Å². The highest BCUT2D eigenvalue weighted by Gasteiger charge is 2.16. The number of aromatic amines is 1. The molecule has 1 fully saturated rings. The monoisotopic (exact) mass is 344 g/mol. The molecule has 5 rings (SSSR count). The number of aromatic nitrogens is 3. The summed E-state index contributed by atoms with van der Waals surface area (Å²) in [4.78, 5) is 15.2. The molecule has 2 aromatic carbocycles. The van der Waals surface area contributed by atoms with Crippen molar-refractivity contribution in [1.82, 2.24) is 15.0 Å². The molecule has 1 aliphatic heterocycles. The van der Waals surface area contributed by atoms with Gasteiger partial charge in [-0.25, -0.2) is 4.98 Å². The standard InChI is InChI=1S/C21H20N4O/c1-14-10-18-19(12-20(14)25-6-8-26-9-7-25)24-21(23-18)16-11-15-4-2-3-5-17(15)22-13-16/h2-5,10-13H,6-9H2,1H3,(H,23,24). The van der Waals surface area contributed by atoms with Gasteiger partial charge in [0.05, 0.1) is 29.8 Å². The van der Waals surface area contributed by atoms with Gasteiger partial charge in [0.25, 0.3) is 0 Å². The average Bonchev–Trinajstić information content (AvgIpc) is 3.10. The highest BCUT2D eigenvalue weighted by atomic mass is 16.5.